The lowest BCUT2D eigenvalue weighted by molar-refractivity contribution is -0.151. The fraction of sp³-hybridized carbons (Fsp3) is 0.762. The Morgan fingerprint density at radius 3 is 1.30 bits per heavy atom. The van der Waals surface area contributed by atoms with Crippen molar-refractivity contribution in [1.29, 1.82) is 0 Å². The standard InChI is InChI=1S/C21H36O12/c1-2-26-5-6-27-7-8-28-9-10-29-11-12-30-13-14-31-15-16-32-17-18-33-20(23)4-3-19(22)21(24)25/h2H,1,3-18H2,(H,24,25). The molecule has 0 aliphatic carbocycles. The molecule has 0 aromatic carbocycles. The molecular formula is C21H36O12. The zero-order chi connectivity index (χ0) is 24.4. The van der Waals surface area contributed by atoms with Crippen LogP contribution in [0, 0.1) is 0 Å². The first-order valence-electron chi connectivity index (χ1n) is 10.7. The number of hydrogen-bond donors (Lipinski definition) is 1. The topological polar surface area (TPSA) is 145 Å². The lowest BCUT2D eigenvalue weighted by atomic mass is 10.2. The van der Waals surface area contributed by atoms with Gasteiger partial charge >= 0.3 is 11.9 Å². The molecule has 0 aromatic rings. The highest BCUT2D eigenvalue weighted by atomic mass is 16.6. The molecule has 0 fully saturated rings. The highest BCUT2D eigenvalue weighted by Crippen LogP contribution is 1.95. The fourth-order valence-electron chi connectivity index (χ4n) is 2.00. The normalized spacial score (nSPS) is 10.7. The Kier molecular flexibility index (Phi) is 23.0. The first-order valence-corrected chi connectivity index (χ1v) is 10.7. The molecule has 0 unspecified atom stereocenters. The number of hydrogen-bond acceptors (Lipinski definition) is 11. The highest BCUT2D eigenvalue weighted by molar-refractivity contribution is 6.32. The van der Waals surface area contributed by atoms with Crippen molar-refractivity contribution < 1.29 is 57.4 Å². The Bertz CT molecular complexity index is 511. The van der Waals surface area contributed by atoms with Crippen molar-refractivity contribution in [2.45, 2.75) is 12.8 Å². The third-order valence-corrected chi connectivity index (χ3v) is 3.61. The molecule has 33 heavy (non-hydrogen) atoms. The number of ketones is 1. The van der Waals surface area contributed by atoms with Crippen LogP contribution < -0.4 is 0 Å². The second kappa shape index (κ2) is 24.6. The molecule has 0 aliphatic heterocycles. The highest BCUT2D eigenvalue weighted by Gasteiger charge is 2.14. The molecule has 0 spiro atoms. The van der Waals surface area contributed by atoms with Crippen LogP contribution in [0.5, 0.6) is 0 Å². The minimum Gasteiger partial charge on any atom is -0.499 e. The average molecular weight is 481 g/mol. The summed E-state index contributed by atoms with van der Waals surface area (Å²) in [6.07, 6.45) is 0.728. The lowest BCUT2D eigenvalue weighted by Crippen LogP contribution is -2.17. The van der Waals surface area contributed by atoms with Gasteiger partial charge in [0.05, 0.1) is 92.0 Å². The van der Waals surface area contributed by atoms with Gasteiger partial charge in [0.1, 0.15) is 13.2 Å². The molecule has 0 saturated heterocycles. The van der Waals surface area contributed by atoms with Crippen molar-refractivity contribution in [1.82, 2.24) is 0 Å². The summed E-state index contributed by atoms with van der Waals surface area (Å²) >= 11 is 0. The van der Waals surface area contributed by atoms with Crippen LogP contribution in [-0.4, -0.2) is 115 Å². The van der Waals surface area contributed by atoms with E-state index in [1.54, 1.807) is 0 Å². The second-order valence-electron chi connectivity index (χ2n) is 6.16. The lowest BCUT2D eigenvalue weighted by Gasteiger charge is -2.08. The van der Waals surface area contributed by atoms with Gasteiger partial charge < -0.3 is 43.0 Å². The Balaban J connectivity index is 3.15. The van der Waals surface area contributed by atoms with E-state index in [0.29, 0.717) is 79.3 Å². The Hall–Kier alpha value is -2.09. The summed E-state index contributed by atoms with van der Waals surface area (Å²) in [7, 11) is 0. The molecule has 0 bridgehead atoms. The molecule has 192 valence electrons. The van der Waals surface area contributed by atoms with Crippen molar-refractivity contribution in [2.24, 2.45) is 0 Å². The predicted molar refractivity (Wildman–Crippen MR) is 114 cm³/mol. The van der Waals surface area contributed by atoms with Crippen LogP contribution in [0.4, 0.5) is 0 Å². The van der Waals surface area contributed by atoms with Crippen LogP contribution >= 0.6 is 0 Å². The molecule has 0 radical (unpaired) electrons. The Labute approximate surface area is 194 Å². The predicted octanol–water partition coefficient (Wildman–Crippen LogP) is 0.223. The van der Waals surface area contributed by atoms with Crippen LogP contribution in [0.2, 0.25) is 0 Å². The van der Waals surface area contributed by atoms with Gasteiger partial charge in [0, 0.05) is 6.42 Å². The van der Waals surface area contributed by atoms with Gasteiger partial charge in [0.25, 0.3) is 0 Å². The first-order chi connectivity index (χ1) is 16.1. The number of carboxylic acids is 1. The molecular weight excluding hydrogens is 444 g/mol. The summed E-state index contributed by atoms with van der Waals surface area (Å²) in [5.41, 5.74) is 0. The van der Waals surface area contributed by atoms with Crippen molar-refractivity contribution >= 4 is 17.7 Å². The minimum atomic E-state index is -1.56. The number of aliphatic carboxylic acids is 1. The first kappa shape index (κ1) is 30.9. The van der Waals surface area contributed by atoms with E-state index in [1.165, 1.54) is 6.26 Å². The molecule has 1 N–H and O–H groups in total. The molecule has 0 aliphatic rings. The number of rotatable bonds is 26. The van der Waals surface area contributed by atoms with Crippen LogP contribution in [0.15, 0.2) is 12.8 Å². The summed E-state index contributed by atoms with van der Waals surface area (Å²) in [4.78, 5) is 32.5. The number of carbonyl (C=O) groups excluding carboxylic acids is 2. The fourth-order valence-corrected chi connectivity index (χ4v) is 2.00. The molecule has 0 aromatic heterocycles. The quantitative estimate of drug-likeness (QED) is 0.0782. The summed E-state index contributed by atoms with van der Waals surface area (Å²) in [6.45, 7) is 9.03. The third-order valence-electron chi connectivity index (χ3n) is 3.61. The smallest absolute Gasteiger partial charge is 0.372 e. The van der Waals surface area contributed by atoms with Crippen LogP contribution in [0.25, 0.3) is 0 Å². The molecule has 0 atom stereocenters. The molecule has 0 heterocycles. The zero-order valence-corrected chi connectivity index (χ0v) is 19.0. The minimum absolute atomic E-state index is 0.0214. The van der Waals surface area contributed by atoms with Crippen molar-refractivity contribution in [2.75, 3.05) is 92.5 Å². The largest absolute Gasteiger partial charge is 0.499 e. The van der Waals surface area contributed by atoms with Gasteiger partial charge in [-0.1, -0.05) is 6.58 Å². The van der Waals surface area contributed by atoms with Gasteiger partial charge in [-0.25, -0.2) is 4.79 Å². The van der Waals surface area contributed by atoms with Crippen LogP contribution in [0.3, 0.4) is 0 Å². The number of esters is 1. The number of Topliss-reactive ketones (excluding diaryl/α,β-unsaturated/α-hetero) is 1. The van der Waals surface area contributed by atoms with E-state index in [9.17, 15) is 14.4 Å². The summed E-state index contributed by atoms with van der Waals surface area (Å²) in [5.74, 6) is -3.23. The van der Waals surface area contributed by atoms with Gasteiger partial charge in [0.15, 0.2) is 0 Å². The Morgan fingerprint density at radius 1 is 0.576 bits per heavy atom. The van der Waals surface area contributed by atoms with Crippen molar-refractivity contribution in [3.8, 4) is 0 Å². The van der Waals surface area contributed by atoms with E-state index in [2.05, 4.69) is 6.58 Å². The van der Waals surface area contributed by atoms with Gasteiger partial charge in [0.2, 0.25) is 5.78 Å². The number of carboxylic acid groups (broad SMARTS) is 1. The Morgan fingerprint density at radius 2 is 0.939 bits per heavy atom. The van der Waals surface area contributed by atoms with Gasteiger partial charge in [-0.15, -0.1) is 0 Å². The van der Waals surface area contributed by atoms with Crippen LogP contribution in [-0.2, 0) is 52.3 Å². The summed E-state index contributed by atoms with van der Waals surface area (Å²) < 4.78 is 41.6. The summed E-state index contributed by atoms with van der Waals surface area (Å²) in [5, 5.41) is 8.40. The van der Waals surface area contributed by atoms with Gasteiger partial charge in [-0.3, -0.25) is 9.59 Å². The molecule has 0 saturated carbocycles. The molecule has 0 rings (SSSR count). The molecule has 0 amide bonds. The van der Waals surface area contributed by atoms with Gasteiger partial charge in [-0.05, 0) is 0 Å². The second-order valence-corrected chi connectivity index (χ2v) is 6.16. The maximum atomic E-state index is 11.3. The van der Waals surface area contributed by atoms with E-state index in [0.717, 1.165) is 0 Å². The average Bonchev–Trinajstić information content (AvgIpc) is 2.80. The van der Waals surface area contributed by atoms with Crippen molar-refractivity contribution in [3.05, 3.63) is 12.8 Å². The number of carbonyl (C=O) groups is 3. The third kappa shape index (κ3) is 24.4. The zero-order valence-electron chi connectivity index (χ0n) is 19.0. The van der Waals surface area contributed by atoms with E-state index in [1.807, 2.05) is 0 Å². The number of ether oxygens (including phenoxy) is 8. The van der Waals surface area contributed by atoms with Crippen molar-refractivity contribution in [3.63, 3.8) is 0 Å². The van der Waals surface area contributed by atoms with E-state index in [4.69, 9.17) is 43.0 Å². The van der Waals surface area contributed by atoms with E-state index >= 15 is 0 Å². The molecule has 12 heteroatoms. The SMILES string of the molecule is C=COCCOCCOCCOCCOCCOCCOCCOC(=O)CCC(=O)C(=O)O. The molecule has 12 nitrogen and oxygen atoms in total. The maximum Gasteiger partial charge on any atom is 0.372 e. The summed E-state index contributed by atoms with van der Waals surface area (Å²) in [6, 6.07) is 0. The van der Waals surface area contributed by atoms with E-state index in [-0.39, 0.29) is 26.1 Å². The van der Waals surface area contributed by atoms with E-state index < -0.39 is 17.7 Å². The monoisotopic (exact) mass is 480 g/mol. The van der Waals surface area contributed by atoms with Crippen LogP contribution in [0.1, 0.15) is 12.8 Å². The maximum absolute atomic E-state index is 11.3. The van der Waals surface area contributed by atoms with Gasteiger partial charge in [-0.2, -0.15) is 0 Å².